The van der Waals surface area contributed by atoms with Gasteiger partial charge in [0.15, 0.2) is 0 Å². The Morgan fingerprint density at radius 1 is 1.08 bits per heavy atom. The number of nitrogens with two attached hydrogens (primary N) is 1. The summed E-state index contributed by atoms with van der Waals surface area (Å²) in [6, 6.07) is 3.62. The van der Waals surface area contributed by atoms with E-state index < -0.39 is 42.0 Å². The van der Waals surface area contributed by atoms with Gasteiger partial charge >= 0.3 is 6.09 Å². The third-order valence-electron chi connectivity index (χ3n) is 6.76. The topological polar surface area (TPSA) is 131 Å². The van der Waals surface area contributed by atoms with Gasteiger partial charge < -0.3 is 26.0 Å². The molecule has 4 N–H and O–H groups in total. The highest BCUT2D eigenvalue weighted by Gasteiger charge is 2.38. The maximum atomic E-state index is 14.1. The van der Waals surface area contributed by atoms with Gasteiger partial charge in [-0.1, -0.05) is 50.8 Å². The van der Waals surface area contributed by atoms with E-state index in [-0.39, 0.29) is 18.5 Å². The Kier molecular flexibility index (Phi) is 11.6. The van der Waals surface area contributed by atoms with Gasteiger partial charge in [-0.25, -0.2) is 4.79 Å². The molecule has 1 aliphatic rings. The number of primary amides is 1. The second-order valence-corrected chi connectivity index (χ2v) is 11.3. The van der Waals surface area contributed by atoms with Crippen molar-refractivity contribution in [2.75, 3.05) is 6.54 Å². The lowest BCUT2D eigenvalue weighted by atomic mass is 9.91. The minimum absolute atomic E-state index is 0.0486. The van der Waals surface area contributed by atoms with Crippen molar-refractivity contribution in [3.05, 3.63) is 34.9 Å². The first-order valence-corrected chi connectivity index (χ1v) is 13.8. The summed E-state index contributed by atoms with van der Waals surface area (Å²) in [4.78, 5) is 54.1. The molecule has 9 heteroatoms. The standard InChI is InChI=1S/C29H46N4O5/c1-7-8-17-33(27(36)22(18-23(30)34)32-28(37)38-29(4,5)6)25(24-19(2)13-12-14-20(24)3)26(35)31-21-15-10-9-11-16-21/h12-14,21-22,25H,7-11,15-18H2,1-6H3,(H2,30,34)(H,31,35)(H,32,37). The summed E-state index contributed by atoms with van der Waals surface area (Å²) in [5, 5.41) is 5.73. The lowest BCUT2D eigenvalue weighted by Crippen LogP contribution is -2.55. The molecule has 2 unspecified atom stereocenters. The Hall–Kier alpha value is -3.10. The summed E-state index contributed by atoms with van der Waals surface area (Å²) in [6.07, 6.45) is 5.24. The van der Waals surface area contributed by atoms with Crippen LogP contribution in [0.1, 0.15) is 102 Å². The Morgan fingerprint density at radius 3 is 2.21 bits per heavy atom. The molecule has 1 saturated carbocycles. The molecule has 1 aromatic carbocycles. The van der Waals surface area contributed by atoms with Crippen molar-refractivity contribution in [2.24, 2.45) is 5.73 Å². The molecule has 38 heavy (non-hydrogen) atoms. The van der Waals surface area contributed by atoms with E-state index in [9.17, 15) is 19.2 Å². The van der Waals surface area contributed by atoms with Gasteiger partial charge in [-0.15, -0.1) is 0 Å². The van der Waals surface area contributed by atoms with Gasteiger partial charge in [0.2, 0.25) is 17.7 Å². The number of amides is 4. The van der Waals surface area contributed by atoms with Crippen molar-refractivity contribution in [1.82, 2.24) is 15.5 Å². The summed E-state index contributed by atoms with van der Waals surface area (Å²) < 4.78 is 5.34. The van der Waals surface area contributed by atoms with E-state index in [0.29, 0.717) is 6.42 Å². The van der Waals surface area contributed by atoms with Gasteiger partial charge in [-0.3, -0.25) is 14.4 Å². The van der Waals surface area contributed by atoms with Gasteiger partial charge in [-0.2, -0.15) is 0 Å². The molecule has 0 aliphatic heterocycles. The maximum Gasteiger partial charge on any atom is 0.408 e. The summed E-state index contributed by atoms with van der Waals surface area (Å²) in [5.41, 5.74) is 7.19. The van der Waals surface area contributed by atoms with Crippen LogP contribution in [-0.4, -0.2) is 52.9 Å². The van der Waals surface area contributed by atoms with Crippen molar-refractivity contribution < 1.29 is 23.9 Å². The Bertz CT molecular complexity index is 961. The summed E-state index contributed by atoms with van der Waals surface area (Å²) in [5.74, 6) is -1.55. The number of alkyl carbamates (subject to hydrolysis) is 1. The fourth-order valence-corrected chi connectivity index (χ4v) is 4.96. The SMILES string of the molecule is CCCCN(C(=O)C(CC(N)=O)NC(=O)OC(C)(C)C)C(C(=O)NC1CCCCC1)c1c(C)cccc1C. The molecule has 0 spiro atoms. The Balaban J connectivity index is 2.52. The summed E-state index contributed by atoms with van der Waals surface area (Å²) in [6.45, 7) is 11.2. The van der Waals surface area contributed by atoms with E-state index in [1.807, 2.05) is 39.0 Å². The first kappa shape index (κ1) is 31.1. The molecule has 0 bridgehead atoms. The number of nitrogens with one attached hydrogen (secondary N) is 2. The molecule has 2 rings (SSSR count). The van der Waals surface area contributed by atoms with E-state index >= 15 is 0 Å². The van der Waals surface area contributed by atoms with Crippen molar-refractivity contribution >= 4 is 23.8 Å². The molecule has 1 aliphatic carbocycles. The number of ether oxygens (including phenoxy) is 1. The molecule has 212 valence electrons. The van der Waals surface area contributed by atoms with Gasteiger partial charge in [0, 0.05) is 12.6 Å². The molecule has 9 nitrogen and oxygen atoms in total. The van der Waals surface area contributed by atoms with Crippen molar-refractivity contribution in [1.29, 1.82) is 0 Å². The largest absolute Gasteiger partial charge is 0.444 e. The van der Waals surface area contributed by atoms with Crippen LogP contribution in [0.25, 0.3) is 0 Å². The number of nitrogens with zero attached hydrogens (tertiary/aromatic N) is 1. The quantitative estimate of drug-likeness (QED) is 0.395. The number of hydrogen-bond acceptors (Lipinski definition) is 5. The molecule has 0 aromatic heterocycles. The molecule has 0 heterocycles. The van der Waals surface area contributed by atoms with Crippen molar-refractivity contribution in [2.45, 2.75) is 117 Å². The van der Waals surface area contributed by atoms with Crippen molar-refractivity contribution in [3.63, 3.8) is 0 Å². The normalized spacial score (nSPS) is 15.7. The first-order chi connectivity index (χ1) is 17.8. The van der Waals surface area contributed by atoms with Crippen LogP contribution in [0.3, 0.4) is 0 Å². The second-order valence-electron chi connectivity index (χ2n) is 11.3. The number of carbonyl (C=O) groups excluding carboxylic acids is 4. The third kappa shape index (κ3) is 9.33. The number of aryl methyl sites for hydroxylation is 2. The number of carbonyl (C=O) groups is 4. The predicted octanol–water partition coefficient (Wildman–Crippen LogP) is 4.19. The van der Waals surface area contributed by atoms with Crippen LogP contribution >= 0.6 is 0 Å². The highest BCUT2D eigenvalue weighted by molar-refractivity contribution is 5.95. The average molecular weight is 531 g/mol. The summed E-state index contributed by atoms with van der Waals surface area (Å²) >= 11 is 0. The smallest absolute Gasteiger partial charge is 0.408 e. The molecular formula is C29H46N4O5. The molecule has 0 saturated heterocycles. The average Bonchev–Trinajstić information content (AvgIpc) is 2.81. The number of unbranched alkanes of at least 4 members (excludes halogenated alkanes) is 1. The van der Waals surface area contributed by atoms with Crippen LogP contribution in [0.4, 0.5) is 4.79 Å². The zero-order chi connectivity index (χ0) is 28.5. The third-order valence-corrected chi connectivity index (χ3v) is 6.76. The first-order valence-electron chi connectivity index (χ1n) is 13.8. The molecule has 4 amide bonds. The lowest BCUT2D eigenvalue weighted by molar-refractivity contribution is -0.143. The Morgan fingerprint density at radius 2 is 1.68 bits per heavy atom. The molecular weight excluding hydrogens is 484 g/mol. The van der Waals surface area contributed by atoms with Crippen LogP contribution in [0.15, 0.2) is 18.2 Å². The lowest BCUT2D eigenvalue weighted by Gasteiger charge is -2.36. The van der Waals surface area contributed by atoms with Gasteiger partial charge in [0.05, 0.1) is 6.42 Å². The number of hydrogen-bond donors (Lipinski definition) is 3. The van der Waals surface area contributed by atoms with Crippen LogP contribution in [-0.2, 0) is 19.1 Å². The zero-order valence-electron chi connectivity index (χ0n) is 23.9. The van der Waals surface area contributed by atoms with Crippen molar-refractivity contribution in [3.8, 4) is 0 Å². The fourth-order valence-electron chi connectivity index (χ4n) is 4.96. The summed E-state index contributed by atoms with van der Waals surface area (Å²) in [7, 11) is 0. The zero-order valence-corrected chi connectivity index (χ0v) is 23.9. The monoisotopic (exact) mass is 530 g/mol. The molecule has 1 aromatic rings. The fraction of sp³-hybridized carbons (Fsp3) is 0.655. The van der Waals surface area contributed by atoms with E-state index in [4.69, 9.17) is 10.5 Å². The van der Waals surface area contributed by atoms with E-state index in [1.165, 1.54) is 4.90 Å². The van der Waals surface area contributed by atoms with Crippen LogP contribution in [0, 0.1) is 13.8 Å². The van der Waals surface area contributed by atoms with Crippen LogP contribution in [0.5, 0.6) is 0 Å². The highest BCUT2D eigenvalue weighted by atomic mass is 16.6. The number of rotatable bonds is 11. The molecule has 0 radical (unpaired) electrons. The maximum absolute atomic E-state index is 14.1. The van der Waals surface area contributed by atoms with E-state index in [2.05, 4.69) is 10.6 Å². The minimum Gasteiger partial charge on any atom is -0.444 e. The highest BCUT2D eigenvalue weighted by Crippen LogP contribution is 2.30. The van der Waals surface area contributed by atoms with E-state index in [1.54, 1.807) is 20.8 Å². The van der Waals surface area contributed by atoms with Gasteiger partial charge in [-0.05, 0) is 70.6 Å². The predicted molar refractivity (Wildman–Crippen MR) is 147 cm³/mol. The van der Waals surface area contributed by atoms with Crippen LogP contribution in [0.2, 0.25) is 0 Å². The van der Waals surface area contributed by atoms with Crippen LogP contribution < -0.4 is 16.4 Å². The molecule has 1 fully saturated rings. The second kappa shape index (κ2) is 14.2. The molecule has 2 atom stereocenters. The van der Waals surface area contributed by atoms with Gasteiger partial charge in [0.1, 0.15) is 17.7 Å². The van der Waals surface area contributed by atoms with Gasteiger partial charge in [0.25, 0.3) is 0 Å². The number of benzene rings is 1. The van der Waals surface area contributed by atoms with E-state index in [0.717, 1.165) is 55.2 Å². The minimum atomic E-state index is -1.27. The Labute approximate surface area is 227 Å².